The summed E-state index contributed by atoms with van der Waals surface area (Å²) in [6.07, 6.45) is 0.920. The third kappa shape index (κ3) is 6.59. The number of amides is 2. The predicted octanol–water partition coefficient (Wildman–Crippen LogP) is 4.30. The highest BCUT2D eigenvalue weighted by Crippen LogP contribution is 2.29. The number of thiophene rings is 1. The molecule has 0 spiro atoms. The maximum atomic E-state index is 13.2. The van der Waals surface area contributed by atoms with Crippen LogP contribution in [-0.2, 0) is 4.79 Å². The van der Waals surface area contributed by atoms with Gasteiger partial charge in [-0.1, -0.05) is 32.9 Å². The van der Waals surface area contributed by atoms with Gasteiger partial charge in [0.2, 0.25) is 5.91 Å². The Morgan fingerprint density at radius 1 is 1.15 bits per heavy atom. The highest BCUT2D eigenvalue weighted by atomic mass is 32.1. The van der Waals surface area contributed by atoms with Crippen LogP contribution in [0.3, 0.4) is 0 Å². The number of carbonyl (C=O) groups excluding carboxylic acids is 2. The second-order valence-corrected chi connectivity index (χ2v) is 8.23. The fourth-order valence-electron chi connectivity index (χ4n) is 2.61. The van der Waals surface area contributed by atoms with Crippen molar-refractivity contribution < 1.29 is 14.0 Å². The maximum absolute atomic E-state index is 13.2. The van der Waals surface area contributed by atoms with E-state index >= 15 is 0 Å². The molecule has 1 aromatic carbocycles. The van der Waals surface area contributed by atoms with Gasteiger partial charge in [-0.15, -0.1) is 0 Å². The summed E-state index contributed by atoms with van der Waals surface area (Å²) in [5.41, 5.74) is 1.48. The lowest BCUT2D eigenvalue weighted by Crippen LogP contribution is -2.34. The number of benzene rings is 1. The minimum atomic E-state index is -0.300. The van der Waals surface area contributed by atoms with Gasteiger partial charge in [0.1, 0.15) is 5.82 Å². The molecule has 2 N–H and O–H groups in total. The van der Waals surface area contributed by atoms with E-state index in [0.717, 1.165) is 12.0 Å². The van der Waals surface area contributed by atoms with E-state index in [2.05, 4.69) is 31.4 Å². The Bertz CT molecular complexity index is 721. The first-order valence-corrected chi connectivity index (χ1v) is 9.54. The van der Waals surface area contributed by atoms with Crippen LogP contribution in [0.25, 0.3) is 0 Å². The second kappa shape index (κ2) is 8.94. The number of rotatable bonds is 7. The van der Waals surface area contributed by atoms with E-state index in [1.165, 1.54) is 23.5 Å². The summed E-state index contributed by atoms with van der Waals surface area (Å²) >= 11 is 1.45. The van der Waals surface area contributed by atoms with Crippen LogP contribution < -0.4 is 10.6 Å². The molecule has 1 heterocycles. The van der Waals surface area contributed by atoms with Gasteiger partial charge in [-0.3, -0.25) is 9.59 Å². The first-order chi connectivity index (χ1) is 12.2. The molecular formula is C20H25FN2O2S. The quantitative estimate of drug-likeness (QED) is 0.757. The van der Waals surface area contributed by atoms with Crippen LogP contribution in [0.1, 0.15) is 55.6 Å². The number of halogens is 1. The predicted molar refractivity (Wildman–Crippen MR) is 103 cm³/mol. The van der Waals surface area contributed by atoms with Crippen molar-refractivity contribution >= 4 is 23.2 Å². The van der Waals surface area contributed by atoms with Crippen molar-refractivity contribution in [3.8, 4) is 0 Å². The Morgan fingerprint density at radius 2 is 1.85 bits per heavy atom. The van der Waals surface area contributed by atoms with Gasteiger partial charge in [-0.05, 0) is 41.0 Å². The fraction of sp³-hybridized carbons (Fsp3) is 0.400. The molecule has 1 atom stereocenters. The zero-order chi connectivity index (χ0) is 19.2. The lowest BCUT2D eigenvalue weighted by molar-refractivity contribution is -0.121. The normalized spacial score (nSPS) is 12.5. The Hall–Kier alpha value is -2.21. The average Bonchev–Trinajstić information content (AvgIpc) is 3.08. The second-order valence-electron chi connectivity index (χ2n) is 7.45. The summed E-state index contributed by atoms with van der Waals surface area (Å²) in [4.78, 5) is 24.2. The van der Waals surface area contributed by atoms with E-state index in [9.17, 15) is 14.0 Å². The van der Waals surface area contributed by atoms with Gasteiger partial charge in [0.15, 0.2) is 0 Å². The first kappa shape index (κ1) is 20.1. The Morgan fingerprint density at radius 3 is 2.42 bits per heavy atom. The minimum Gasteiger partial charge on any atom is -0.351 e. The third-order valence-corrected chi connectivity index (χ3v) is 4.53. The summed E-state index contributed by atoms with van der Waals surface area (Å²) in [7, 11) is 0. The monoisotopic (exact) mass is 376 g/mol. The van der Waals surface area contributed by atoms with Crippen LogP contribution in [0, 0.1) is 11.2 Å². The topological polar surface area (TPSA) is 58.2 Å². The molecule has 0 aliphatic carbocycles. The Kier molecular flexibility index (Phi) is 6.91. The van der Waals surface area contributed by atoms with Gasteiger partial charge in [0.05, 0.1) is 6.04 Å². The molecular weight excluding hydrogens is 351 g/mol. The van der Waals surface area contributed by atoms with E-state index < -0.39 is 0 Å². The van der Waals surface area contributed by atoms with Gasteiger partial charge >= 0.3 is 0 Å². The lowest BCUT2D eigenvalue weighted by Gasteiger charge is -2.27. The molecule has 0 saturated heterocycles. The molecule has 2 amide bonds. The summed E-state index contributed by atoms with van der Waals surface area (Å²) in [6, 6.07) is 7.75. The zero-order valence-electron chi connectivity index (χ0n) is 15.3. The van der Waals surface area contributed by atoms with Crippen molar-refractivity contribution in [3.63, 3.8) is 0 Å². The van der Waals surface area contributed by atoms with Crippen molar-refractivity contribution in [2.75, 3.05) is 6.54 Å². The van der Waals surface area contributed by atoms with E-state index in [4.69, 9.17) is 0 Å². The Balaban J connectivity index is 1.91. The number of carbonyl (C=O) groups is 2. The maximum Gasteiger partial charge on any atom is 0.252 e. The van der Waals surface area contributed by atoms with Gasteiger partial charge in [-0.2, -0.15) is 11.3 Å². The standard InChI is InChI=1S/C20H25FN2O2S/c1-20(2,3)12-17(14-4-6-16(21)7-5-14)23-18(24)8-10-22-19(25)15-9-11-26-13-15/h4-7,9,11,13,17H,8,10,12H2,1-3H3,(H,22,25)(H,23,24). The summed E-state index contributed by atoms with van der Waals surface area (Å²) in [5.74, 6) is -0.622. The molecule has 0 bridgehead atoms. The highest BCUT2D eigenvalue weighted by molar-refractivity contribution is 7.08. The molecule has 0 aliphatic rings. The van der Waals surface area contributed by atoms with Crippen molar-refractivity contribution in [3.05, 3.63) is 58.0 Å². The molecule has 140 valence electrons. The minimum absolute atomic E-state index is 0.000498. The van der Waals surface area contributed by atoms with Crippen LogP contribution >= 0.6 is 11.3 Å². The molecule has 1 unspecified atom stereocenters. The molecule has 0 fully saturated rings. The largest absolute Gasteiger partial charge is 0.351 e. The highest BCUT2D eigenvalue weighted by Gasteiger charge is 2.22. The summed E-state index contributed by atoms with van der Waals surface area (Å²) in [5, 5.41) is 9.35. The van der Waals surface area contributed by atoms with Crippen LogP contribution in [-0.4, -0.2) is 18.4 Å². The number of hydrogen-bond acceptors (Lipinski definition) is 3. The van der Waals surface area contributed by atoms with E-state index in [1.807, 2.05) is 5.38 Å². The molecule has 6 heteroatoms. The molecule has 1 aromatic heterocycles. The first-order valence-electron chi connectivity index (χ1n) is 8.60. The average molecular weight is 376 g/mol. The number of nitrogens with one attached hydrogen (secondary N) is 2. The molecule has 2 aromatic rings. The van der Waals surface area contributed by atoms with Gasteiger partial charge in [0.25, 0.3) is 5.91 Å². The molecule has 0 saturated carbocycles. The van der Waals surface area contributed by atoms with Crippen molar-refractivity contribution in [2.24, 2.45) is 5.41 Å². The zero-order valence-corrected chi connectivity index (χ0v) is 16.2. The van der Waals surface area contributed by atoms with Crippen molar-refractivity contribution in [1.29, 1.82) is 0 Å². The summed E-state index contributed by atoms with van der Waals surface area (Å²) < 4.78 is 13.2. The van der Waals surface area contributed by atoms with Gasteiger partial charge < -0.3 is 10.6 Å². The van der Waals surface area contributed by atoms with Gasteiger partial charge in [0, 0.05) is 23.9 Å². The van der Waals surface area contributed by atoms with Crippen LogP contribution in [0.5, 0.6) is 0 Å². The van der Waals surface area contributed by atoms with E-state index in [0.29, 0.717) is 5.56 Å². The van der Waals surface area contributed by atoms with Gasteiger partial charge in [-0.25, -0.2) is 4.39 Å². The molecule has 0 radical (unpaired) electrons. The Labute approximate surface area is 157 Å². The van der Waals surface area contributed by atoms with E-state index in [1.54, 1.807) is 23.6 Å². The smallest absolute Gasteiger partial charge is 0.252 e. The van der Waals surface area contributed by atoms with Crippen LogP contribution in [0.4, 0.5) is 4.39 Å². The SMILES string of the molecule is CC(C)(C)CC(NC(=O)CCNC(=O)c1ccsc1)c1ccc(F)cc1. The fourth-order valence-corrected chi connectivity index (χ4v) is 3.25. The lowest BCUT2D eigenvalue weighted by atomic mass is 9.85. The number of hydrogen-bond donors (Lipinski definition) is 2. The third-order valence-electron chi connectivity index (χ3n) is 3.85. The van der Waals surface area contributed by atoms with Crippen LogP contribution in [0.15, 0.2) is 41.1 Å². The van der Waals surface area contributed by atoms with E-state index in [-0.39, 0.29) is 42.1 Å². The van der Waals surface area contributed by atoms with Crippen LogP contribution in [0.2, 0.25) is 0 Å². The van der Waals surface area contributed by atoms with Crippen molar-refractivity contribution in [2.45, 2.75) is 39.7 Å². The molecule has 26 heavy (non-hydrogen) atoms. The molecule has 0 aliphatic heterocycles. The molecule has 4 nitrogen and oxygen atoms in total. The summed E-state index contributed by atoms with van der Waals surface area (Å²) in [6.45, 7) is 6.55. The molecule has 2 rings (SSSR count). The van der Waals surface area contributed by atoms with Crippen molar-refractivity contribution in [1.82, 2.24) is 10.6 Å².